The number of hydrogen-bond acceptors (Lipinski definition) is 5. The Balaban J connectivity index is 1.63. The van der Waals surface area contributed by atoms with E-state index in [-0.39, 0.29) is 0 Å². The topological polar surface area (TPSA) is 47.9 Å². The highest BCUT2D eigenvalue weighted by atomic mass is 32.1. The van der Waals surface area contributed by atoms with Crippen LogP contribution < -0.4 is 4.74 Å². The van der Waals surface area contributed by atoms with Gasteiger partial charge < -0.3 is 4.74 Å². The Morgan fingerprint density at radius 2 is 2.08 bits per heavy atom. The molecule has 0 amide bonds. The molecule has 1 aliphatic carbocycles. The van der Waals surface area contributed by atoms with E-state index < -0.39 is 0 Å². The lowest BCUT2D eigenvalue weighted by Gasteiger charge is -2.18. The van der Waals surface area contributed by atoms with Gasteiger partial charge in [0.2, 0.25) is 5.88 Å². The summed E-state index contributed by atoms with van der Waals surface area (Å²) in [5.41, 5.74) is 1.39. The lowest BCUT2D eigenvalue weighted by atomic mass is 9.89. The zero-order chi connectivity index (χ0) is 17.7. The molecule has 0 saturated carbocycles. The predicted molar refractivity (Wildman–Crippen MR) is 105 cm³/mol. The van der Waals surface area contributed by atoms with Crippen molar-refractivity contribution in [3.63, 3.8) is 0 Å². The molecular formula is C21H19N3OS. The molecule has 0 N–H and O–H groups in total. The highest BCUT2D eigenvalue weighted by molar-refractivity contribution is 7.18. The van der Waals surface area contributed by atoms with E-state index in [1.807, 2.05) is 31.3 Å². The Bertz CT molecular complexity index is 1130. The maximum Gasteiger partial charge on any atom is 0.231 e. The van der Waals surface area contributed by atoms with Crippen molar-refractivity contribution in [3.05, 3.63) is 52.9 Å². The SMILES string of the molecule is Cc1nc(Oc2ccc3ccncc3c2)c2c3c(sc2n1)C[C@@H](C)CC3. The van der Waals surface area contributed by atoms with Crippen LogP contribution in [0, 0.1) is 12.8 Å². The van der Waals surface area contributed by atoms with E-state index in [9.17, 15) is 0 Å². The second-order valence-corrected chi connectivity index (χ2v) is 8.18. The number of nitrogens with zero attached hydrogens (tertiary/aromatic N) is 3. The van der Waals surface area contributed by atoms with Crippen LogP contribution in [0.2, 0.25) is 0 Å². The summed E-state index contributed by atoms with van der Waals surface area (Å²) in [5.74, 6) is 2.96. The van der Waals surface area contributed by atoms with Gasteiger partial charge in [-0.15, -0.1) is 11.3 Å². The standard InChI is InChI=1S/C21H19N3OS/c1-12-3-6-17-18(9-12)26-21-19(17)20(23-13(2)24-21)25-16-5-4-14-7-8-22-11-15(14)10-16/h4-5,7-8,10-12H,3,6,9H2,1-2H3/t12-/m0/s1. The van der Waals surface area contributed by atoms with E-state index in [4.69, 9.17) is 4.74 Å². The Morgan fingerprint density at radius 1 is 1.15 bits per heavy atom. The van der Waals surface area contributed by atoms with Crippen molar-refractivity contribution in [2.24, 2.45) is 5.92 Å². The van der Waals surface area contributed by atoms with Crippen LogP contribution in [0.3, 0.4) is 0 Å². The Morgan fingerprint density at radius 3 is 3.00 bits per heavy atom. The second kappa shape index (κ2) is 6.02. The number of pyridine rings is 1. The zero-order valence-electron chi connectivity index (χ0n) is 14.8. The van der Waals surface area contributed by atoms with Gasteiger partial charge in [0.15, 0.2) is 0 Å². The number of ether oxygens (including phenoxy) is 1. The fourth-order valence-corrected chi connectivity index (χ4v) is 5.14. The maximum atomic E-state index is 6.26. The van der Waals surface area contributed by atoms with Gasteiger partial charge in [-0.05, 0) is 61.3 Å². The molecule has 3 aromatic heterocycles. The molecule has 1 atom stereocenters. The second-order valence-electron chi connectivity index (χ2n) is 7.09. The monoisotopic (exact) mass is 361 g/mol. The smallest absolute Gasteiger partial charge is 0.231 e. The van der Waals surface area contributed by atoms with Crippen LogP contribution in [0.15, 0.2) is 36.7 Å². The van der Waals surface area contributed by atoms with Crippen molar-refractivity contribution in [1.29, 1.82) is 0 Å². The van der Waals surface area contributed by atoms with Crippen LogP contribution in [0.25, 0.3) is 21.0 Å². The number of fused-ring (bicyclic) bond motifs is 4. The van der Waals surface area contributed by atoms with Crippen LogP contribution >= 0.6 is 11.3 Å². The van der Waals surface area contributed by atoms with Crippen LogP contribution in [0.4, 0.5) is 0 Å². The van der Waals surface area contributed by atoms with E-state index in [2.05, 4.69) is 27.9 Å². The average Bonchev–Trinajstić information content (AvgIpc) is 2.98. The highest BCUT2D eigenvalue weighted by Gasteiger charge is 2.24. The van der Waals surface area contributed by atoms with Crippen LogP contribution in [0.5, 0.6) is 11.6 Å². The summed E-state index contributed by atoms with van der Waals surface area (Å²) in [6.07, 6.45) is 7.10. The maximum absolute atomic E-state index is 6.26. The first-order chi connectivity index (χ1) is 12.7. The van der Waals surface area contributed by atoms with Gasteiger partial charge >= 0.3 is 0 Å². The van der Waals surface area contributed by atoms with Crippen LogP contribution in [-0.2, 0) is 12.8 Å². The summed E-state index contributed by atoms with van der Waals surface area (Å²) in [6.45, 7) is 4.25. The lowest BCUT2D eigenvalue weighted by Crippen LogP contribution is -2.08. The van der Waals surface area contributed by atoms with Crippen molar-refractivity contribution >= 4 is 32.3 Å². The molecule has 26 heavy (non-hydrogen) atoms. The van der Waals surface area contributed by atoms with E-state index >= 15 is 0 Å². The first-order valence-electron chi connectivity index (χ1n) is 8.98. The summed E-state index contributed by atoms with van der Waals surface area (Å²) in [6, 6.07) is 8.07. The van der Waals surface area contributed by atoms with Gasteiger partial charge in [-0.2, -0.15) is 4.98 Å². The van der Waals surface area contributed by atoms with Crippen LogP contribution in [0.1, 0.15) is 29.6 Å². The van der Waals surface area contributed by atoms with Gasteiger partial charge in [0.05, 0.1) is 5.39 Å². The summed E-state index contributed by atoms with van der Waals surface area (Å²) >= 11 is 1.80. The first-order valence-corrected chi connectivity index (χ1v) is 9.79. The molecule has 1 aliphatic rings. The molecule has 0 spiro atoms. The molecule has 0 radical (unpaired) electrons. The summed E-state index contributed by atoms with van der Waals surface area (Å²) < 4.78 is 6.26. The molecule has 1 aromatic carbocycles. The number of benzene rings is 1. The molecule has 4 nitrogen and oxygen atoms in total. The third kappa shape index (κ3) is 2.63. The van der Waals surface area contributed by atoms with Crippen molar-refractivity contribution in [1.82, 2.24) is 15.0 Å². The number of thiophene rings is 1. The van der Waals surface area contributed by atoms with Gasteiger partial charge in [0.25, 0.3) is 0 Å². The fourth-order valence-electron chi connectivity index (χ4n) is 3.72. The van der Waals surface area contributed by atoms with Gasteiger partial charge in [-0.1, -0.05) is 13.0 Å². The van der Waals surface area contributed by atoms with Crippen molar-refractivity contribution in [2.45, 2.75) is 33.1 Å². The van der Waals surface area contributed by atoms with E-state index in [0.717, 1.165) is 51.3 Å². The summed E-state index contributed by atoms with van der Waals surface area (Å²) in [4.78, 5) is 16.0. The minimum absolute atomic E-state index is 0.683. The molecule has 3 heterocycles. The van der Waals surface area contributed by atoms with Crippen molar-refractivity contribution in [2.75, 3.05) is 0 Å². The minimum atomic E-state index is 0.683. The molecule has 130 valence electrons. The molecule has 4 aromatic rings. The third-order valence-electron chi connectivity index (χ3n) is 5.06. The Kier molecular flexibility index (Phi) is 3.64. The normalized spacial score (nSPS) is 16.8. The summed E-state index contributed by atoms with van der Waals surface area (Å²) in [5, 5.41) is 3.32. The van der Waals surface area contributed by atoms with E-state index in [0.29, 0.717) is 5.88 Å². The molecule has 0 saturated heterocycles. The molecule has 0 aliphatic heterocycles. The lowest BCUT2D eigenvalue weighted by molar-refractivity contribution is 0.465. The molecule has 0 unspecified atom stereocenters. The van der Waals surface area contributed by atoms with E-state index in [1.165, 1.54) is 16.9 Å². The summed E-state index contributed by atoms with van der Waals surface area (Å²) in [7, 11) is 0. The molecular weight excluding hydrogens is 342 g/mol. The average molecular weight is 361 g/mol. The quantitative estimate of drug-likeness (QED) is 0.475. The number of hydrogen-bond donors (Lipinski definition) is 0. The zero-order valence-corrected chi connectivity index (χ0v) is 15.6. The first kappa shape index (κ1) is 15.7. The minimum Gasteiger partial charge on any atom is -0.438 e. The van der Waals surface area contributed by atoms with Crippen molar-refractivity contribution in [3.8, 4) is 11.6 Å². The Hall–Kier alpha value is -2.53. The van der Waals surface area contributed by atoms with Gasteiger partial charge in [0, 0.05) is 22.7 Å². The van der Waals surface area contributed by atoms with Gasteiger partial charge in [0.1, 0.15) is 16.4 Å². The Labute approximate surface area is 155 Å². The largest absolute Gasteiger partial charge is 0.438 e. The molecule has 5 heteroatoms. The van der Waals surface area contributed by atoms with Crippen molar-refractivity contribution < 1.29 is 4.74 Å². The molecule has 0 bridgehead atoms. The van der Waals surface area contributed by atoms with Crippen LogP contribution in [-0.4, -0.2) is 15.0 Å². The number of rotatable bonds is 2. The molecule has 0 fully saturated rings. The highest BCUT2D eigenvalue weighted by Crippen LogP contribution is 2.41. The third-order valence-corrected chi connectivity index (χ3v) is 6.21. The fraction of sp³-hybridized carbons (Fsp3) is 0.286. The number of aryl methyl sites for hydroxylation is 2. The number of aromatic nitrogens is 3. The predicted octanol–water partition coefficient (Wildman–Crippen LogP) is 5.47. The van der Waals surface area contributed by atoms with Gasteiger partial charge in [-0.3, -0.25) is 4.98 Å². The van der Waals surface area contributed by atoms with E-state index in [1.54, 1.807) is 17.5 Å². The molecule has 5 rings (SSSR count). The van der Waals surface area contributed by atoms with Gasteiger partial charge in [-0.25, -0.2) is 4.98 Å².